The summed E-state index contributed by atoms with van der Waals surface area (Å²) in [7, 11) is 1.55. The molecule has 0 heterocycles. The SMILES string of the molecule is CN(C(=O)Cc1cc(Oc2ccc(C(F)(F)F)cc2Cl)ccc1[N+](=O)[O-])c1ccccc1. The second kappa shape index (κ2) is 9.27. The summed E-state index contributed by atoms with van der Waals surface area (Å²) in [4.78, 5) is 24.8. The van der Waals surface area contributed by atoms with Crippen LogP contribution in [0.1, 0.15) is 11.1 Å². The van der Waals surface area contributed by atoms with Crippen LogP contribution < -0.4 is 9.64 Å². The predicted octanol–water partition coefficient (Wildman–Crippen LogP) is 6.26. The molecule has 10 heteroatoms. The fraction of sp³-hybridized carbons (Fsp3) is 0.136. The number of hydrogen-bond acceptors (Lipinski definition) is 4. The quantitative estimate of drug-likeness (QED) is 0.318. The summed E-state index contributed by atoms with van der Waals surface area (Å²) in [6.07, 6.45) is -4.85. The molecule has 0 saturated carbocycles. The van der Waals surface area contributed by atoms with Crippen molar-refractivity contribution in [2.24, 2.45) is 0 Å². The summed E-state index contributed by atoms with van der Waals surface area (Å²) in [6, 6.07) is 15.1. The third-order valence-electron chi connectivity index (χ3n) is 4.59. The normalized spacial score (nSPS) is 11.2. The molecule has 0 aliphatic rings. The Hall–Kier alpha value is -3.59. The minimum absolute atomic E-state index is 0.0628. The van der Waals surface area contributed by atoms with E-state index in [2.05, 4.69) is 0 Å². The summed E-state index contributed by atoms with van der Waals surface area (Å²) in [5.74, 6) is -0.376. The molecule has 0 atom stereocenters. The zero-order chi connectivity index (χ0) is 23.5. The third kappa shape index (κ3) is 5.36. The highest BCUT2D eigenvalue weighted by Gasteiger charge is 2.31. The van der Waals surface area contributed by atoms with Gasteiger partial charge < -0.3 is 9.64 Å². The molecule has 6 nitrogen and oxygen atoms in total. The average Bonchev–Trinajstić information content (AvgIpc) is 2.74. The number of carbonyl (C=O) groups excluding carboxylic acids is 1. The summed E-state index contributed by atoms with van der Waals surface area (Å²) >= 11 is 5.91. The molecule has 3 rings (SSSR count). The summed E-state index contributed by atoms with van der Waals surface area (Å²) < 4.78 is 44.0. The Labute approximate surface area is 185 Å². The number of carbonyl (C=O) groups is 1. The Morgan fingerprint density at radius 3 is 2.38 bits per heavy atom. The van der Waals surface area contributed by atoms with Gasteiger partial charge >= 0.3 is 6.18 Å². The number of anilines is 1. The van der Waals surface area contributed by atoms with Crippen molar-refractivity contribution in [1.29, 1.82) is 0 Å². The molecule has 32 heavy (non-hydrogen) atoms. The first kappa shape index (κ1) is 23.1. The lowest BCUT2D eigenvalue weighted by atomic mass is 10.1. The Bertz CT molecular complexity index is 1150. The second-order valence-corrected chi connectivity index (χ2v) is 7.16. The van der Waals surface area contributed by atoms with E-state index in [1.807, 2.05) is 0 Å². The molecule has 0 aliphatic carbocycles. The van der Waals surface area contributed by atoms with Gasteiger partial charge in [0.2, 0.25) is 5.91 Å². The highest BCUT2D eigenvalue weighted by molar-refractivity contribution is 6.32. The van der Waals surface area contributed by atoms with E-state index in [9.17, 15) is 28.1 Å². The number of alkyl halides is 3. The summed E-state index contributed by atoms with van der Waals surface area (Å²) in [5.41, 5.74) is -0.521. The van der Waals surface area contributed by atoms with Gasteiger partial charge in [0.1, 0.15) is 11.5 Å². The maximum Gasteiger partial charge on any atom is 0.416 e. The van der Waals surface area contributed by atoms with E-state index in [1.165, 1.54) is 23.1 Å². The monoisotopic (exact) mass is 464 g/mol. The maximum atomic E-state index is 12.8. The van der Waals surface area contributed by atoms with Crippen LogP contribution in [0.15, 0.2) is 66.7 Å². The van der Waals surface area contributed by atoms with Crippen LogP contribution in [-0.4, -0.2) is 17.9 Å². The largest absolute Gasteiger partial charge is 0.456 e. The molecule has 166 valence electrons. The van der Waals surface area contributed by atoms with E-state index in [0.717, 1.165) is 18.2 Å². The standard InChI is InChI=1S/C22H16ClF3N2O4/c1-27(16-5-3-2-4-6-16)21(29)12-14-11-17(8-9-19(14)28(30)31)32-20-10-7-15(13-18(20)23)22(24,25)26/h2-11,13H,12H2,1H3. The highest BCUT2D eigenvalue weighted by Crippen LogP contribution is 2.37. The molecule has 0 fully saturated rings. The van der Waals surface area contributed by atoms with Crippen LogP contribution in [0.2, 0.25) is 5.02 Å². The van der Waals surface area contributed by atoms with Crippen LogP contribution >= 0.6 is 11.6 Å². The molecular formula is C22H16ClF3N2O4. The molecule has 0 aliphatic heterocycles. The number of amides is 1. The minimum Gasteiger partial charge on any atom is -0.456 e. The maximum absolute atomic E-state index is 12.8. The van der Waals surface area contributed by atoms with Gasteiger partial charge in [-0.2, -0.15) is 13.2 Å². The zero-order valence-electron chi connectivity index (χ0n) is 16.6. The van der Waals surface area contributed by atoms with Gasteiger partial charge in [-0.05, 0) is 42.5 Å². The molecule has 3 aromatic rings. The van der Waals surface area contributed by atoms with Crippen LogP contribution in [0.25, 0.3) is 0 Å². The highest BCUT2D eigenvalue weighted by atomic mass is 35.5. The fourth-order valence-electron chi connectivity index (χ4n) is 2.91. The molecule has 0 bridgehead atoms. The number of halogens is 4. The van der Waals surface area contributed by atoms with Crippen molar-refractivity contribution in [3.63, 3.8) is 0 Å². The van der Waals surface area contributed by atoms with Crippen LogP contribution in [0.5, 0.6) is 11.5 Å². The summed E-state index contributed by atoms with van der Waals surface area (Å²) in [6.45, 7) is 0. The molecular weight excluding hydrogens is 449 g/mol. The first-order chi connectivity index (χ1) is 15.1. The van der Waals surface area contributed by atoms with Gasteiger partial charge in [0.25, 0.3) is 5.69 Å². The predicted molar refractivity (Wildman–Crippen MR) is 113 cm³/mol. The molecule has 0 aromatic heterocycles. The molecule has 0 N–H and O–H groups in total. The Morgan fingerprint density at radius 1 is 1.09 bits per heavy atom. The van der Waals surface area contributed by atoms with Crippen LogP contribution in [0, 0.1) is 10.1 Å². The third-order valence-corrected chi connectivity index (χ3v) is 4.89. The van der Waals surface area contributed by atoms with Crippen LogP contribution in [0.3, 0.4) is 0 Å². The van der Waals surface area contributed by atoms with Crippen molar-refractivity contribution in [2.45, 2.75) is 12.6 Å². The number of para-hydroxylation sites is 1. The van der Waals surface area contributed by atoms with E-state index < -0.39 is 22.6 Å². The number of ether oxygens (including phenoxy) is 1. The van der Waals surface area contributed by atoms with E-state index in [1.54, 1.807) is 37.4 Å². The van der Waals surface area contributed by atoms with Crippen molar-refractivity contribution in [3.8, 4) is 11.5 Å². The van der Waals surface area contributed by atoms with Gasteiger partial charge in [0, 0.05) is 24.4 Å². The Balaban J connectivity index is 1.86. The average molecular weight is 465 g/mol. The topological polar surface area (TPSA) is 72.7 Å². The van der Waals surface area contributed by atoms with Gasteiger partial charge in [-0.3, -0.25) is 14.9 Å². The lowest BCUT2D eigenvalue weighted by molar-refractivity contribution is -0.385. The zero-order valence-corrected chi connectivity index (χ0v) is 17.4. The van der Waals surface area contributed by atoms with E-state index >= 15 is 0 Å². The minimum atomic E-state index is -4.56. The number of benzene rings is 3. The molecule has 0 saturated heterocycles. The lowest BCUT2D eigenvalue weighted by Crippen LogP contribution is -2.28. The van der Waals surface area contributed by atoms with Gasteiger partial charge in [-0.15, -0.1) is 0 Å². The van der Waals surface area contributed by atoms with Crippen LogP contribution in [0.4, 0.5) is 24.5 Å². The van der Waals surface area contributed by atoms with E-state index in [0.29, 0.717) is 5.69 Å². The Morgan fingerprint density at radius 2 is 1.78 bits per heavy atom. The molecule has 0 radical (unpaired) electrons. The molecule has 0 unspecified atom stereocenters. The van der Waals surface area contributed by atoms with Gasteiger partial charge in [0.05, 0.1) is 21.9 Å². The summed E-state index contributed by atoms with van der Waals surface area (Å²) in [5, 5.41) is 11.1. The van der Waals surface area contributed by atoms with Crippen molar-refractivity contribution in [1.82, 2.24) is 0 Å². The van der Waals surface area contributed by atoms with Gasteiger partial charge in [-0.25, -0.2) is 0 Å². The van der Waals surface area contributed by atoms with Gasteiger partial charge in [0.15, 0.2) is 0 Å². The smallest absolute Gasteiger partial charge is 0.416 e. The fourth-order valence-corrected chi connectivity index (χ4v) is 3.13. The number of nitrogens with zero attached hydrogens (tertiary/aromatic N) is 2. The molecule has 1 amide bonds. The van der Waals surface area contributed by atoms with Gasteiger partial charge in [-0.1, -0.05) is 29.8 Å². The number of hydrogen-bond donors (Lipinski definition) is 0. The molecule has 0 spiro atoms. The first-order valence-electron chi connectivity index (χ1n) is 9.20. The van der Waals surface area contributed by atoms with Crippen molar-refractivity contribution in [3.05, 3.63) is 93.0 Å². The van der Waals surface area contributed by atoms with E-state index in [-0.39, 0.29) is 34.2 Å². The Kier molecular flexibility index (Phi) is 6.69. The lowest BCUT2D eigenvalue weighted by Gasteiger charge is -2.17. The molecule has 3 aromatic carbocycles. The van der Waals surface area contributed by atoms with Crippen molar-refractivity contribution >= 4 is 28.9 Å². The number of likely N-dealkylation sites (N-methyl/N-ethyl adjacent to an activating group) is 1. The number of nitro groups is 1. The number of rotatable bonds is 6. The van der Waals surface area contributed by atoms with Crippen molar-refractivity contribution < 1.29 is 27.6 Å². The second-order valence-electron chi connectivity index (χ2n) is 6.76. The van der Waals surface area contributed by atoms with Crippen LogP contribution in [-0.2, 0) is 17.4 Å². The van der Waals surface area contributed by atoms with E-state index in [4.69, 9.17) is 16.3 Å². The first-order valence-corrected chi connectivity index (χ1v) is 9.57. The van der Waals surface area contributed by atoms with Crippen molar-refractivity contribution in [2.75, 3.05) is 11.9 Å². The number of nitro benzene ring substituents is 1.